The Bertz CT molecular complexity index is 726. The first-order chi connectivity index (χ1) is 11.6. The molecule has 1 aromatic carbocycles. The summed E-state index contributed by atoms with van der Waals surface area (Å²) in [6.07, 6.45) is 0. The van der Waals surface area contributed by atoms with Crippen LogP contribution in [0.5, 0.6) is 5.75 Å². The molecule has 0 radical (unpaired) electrons. The van der Waals surface area contributed by atoms with Gasteiger partial charge in [-0.05, 0) is 18.2 Å². The van der Waals surface area contributed by atoms with E-state index in [1.54, 1.807) is 25.4 Å². The Morgan fingerprint density at radius 3 is 2.83 bits per heavy atom. The van der Waals surface area contributed by atoms with Gasteiger partial charge in [-0.3, -0.25) is 4.79 Å². The first-order valence-electron chi connectivity index (χ1n) is 7.94. The first-order valence-corrected chi connectivity index (χ1v) is 9.61. The van der Waals surface area contributed by atoms with Gasteiger partial charge in [0.2, 0.25) is 5.91 Å². The number of halogens is 1. The van der Waals surface area contributed by atoms with Crippen molar-refractivity contribution < 1.29 is 14.4 Å². The second-order valence-electron chi connectivity index (χ2n) is 5.92. The van der Waals surface area contributed by atoms with E-state index in [0.717, 1.165) is 59.2 Å². The molecule has 128 valence electrons. The molecule has 0 spiro atoms. The monoisotopic (exact) mass is 410 g/mol. The number of benzene rings is 1. The number of hydrogen-bond acceptors (Lipinski definition) is 4. The van der Waals surface area contributed by atoms with Crippen molar-refractivity contribution >= 4 is 33.2 Å². The van der Waals surface area contributed by atoms with Gasteiger partial charge in [-0.1, -0.05) is 15.9 Å². The van der Waals surface area contributed by atoms with Gasteiger partial charge in [0.15, 0.2) is 0 Å². The fourth-order valence-corrected chi connectivity index (χ4v) is 4.13. The van der Waals surface area contributed by atoms with Gasteiger partial charge < -0.3 is 14.5 Å². The third kappa shape index (κ3) is 3.96. The summed E-state index contributed by atoms with van der Waals surface area (Å²) in [6, 6.07) is 5.96. The number of methoxy groups -OCH3 is 1. The SMILES string of the molecule is COc1ccc(Br)cc1-c1nc(C[NH+]2CCN(C(C)=O)CC2)cs1. The standard InChI is InChI=1S/C17H20BrN3O2S/c1-12(22)21-7-5-20(6-8-21)10-14-11-24-17(19-14)15-9-13(18)3-4-16(15)23-2/h3-4,9,11H,5-8,10H2,1-2H3/p+1. The van der Waals surface area contributed by atoms with Gasteiger partial charge in [0.05, 0.1) is 38.9 Å². The number of nitrogens with zero attached hydrogens (tertiary/aromatic N) is 2. The topological polar surface area (TPSA) is 46.9 Å². The summed E-state index contributed by atoms with van der Waals surface area (Å²) in [7, 11) is 1.68. The smallest absolute Gasteiger partial charge is 0.219 e. The average molecular weight is 411 g/mol. The molecule has 1 N–H and O–H groups in total. The number of nitrogens with one attached hydrogen (secondary N) is 1. The molecular weight excluding hydrogens is 390 g/mol. The molecule has 0 saturated carbocycles. The number of carbonyl (C=O) groups excluding carboxylic acids is 1. The highest BCUT2D eigenvalue weighted by Gasteiger charge is 2.22. The van der Waals surface area contributed by atoms with Crippen LogP contribution in [0.1, 0.15) is 12.6 Å². The van der Waals surface area contributed by atoms with Crippen molar-refractivity contribution in [1.82, 2.24) is 9.88 Å². The van der Waals surface area contributed by atoms with Gasteiger partial charge in [0, 0.05) is 16.8 Å². The normalized spacial score (nSPS) is 15.5. The Kier molecular flexibility index (Phi) is 5.53. The Labute approximate surface area is 154 Å². The van der Waals surface area contributed by atoms with Crippen molar-refractivity contribution in [2.45, 2.75) is 13.5 Å². The third-order valence-corrected chi connectivity index (χ3v) is 5.71. The Balaban J connectivity index is 1.68. The highest BCUT2D eigenvalue weighted by atomic mass is 79.9. The highest BCUT2D eigenvalue weighted by Crippen LogP contribution is 2.34. The number of rotatable bonds is 4. The lowest BCUT2D eigenvalue weighted by atomic mass is 10.2. The predicted octanol–water partition coefficient (Wildman–Crippen LogP) is 1.83. The lowest BCUT2D eigenvalue weighted by molar-refractivity contribution is -0.917. The van der Waals surface area contributed by atoms with Crippen molar-refractivity contribution in [2.24, 2.45) is 0 Å². The molecule has 7 heteroatoms. The molecule has 0 aliphatic carbocycles. The summed E-state index contributed by atoms with van der Waals surface area (Å²) in [4.78, 5) is 19.6. The van der Waals surface area contributed by atoms with Crippen LogP contribution in [0.2, 0.25) is 0 Å². The molecule has 0 bridgehead atoms. The molecule has 1 fully saturated rings. The molecule has 1 aliphatic rings. The summed E-state index contributed by atoms with van der Waals surface area (Å²) in [5.41, 5.74) is 2.11. The molecular formula is C17H21BrN3O2S+. The molecule has 1 aliphatic heterocycles. The van der Waals surface area contributed by atoms with Gasteiger partial charge in [0.25, 0.3) is 0 Å². The molecule has 2 heterocycles. The van der Waals surface area contributed by atoms with Gasteiger partial charge >= 0.3 is 0 Å². The molecule has 3 rings (SSSR count). The number of ether oxygens (including phenoxy) is 1. The van der Waals surface area contributed by atoms with E-state index in [1.807, 2.05) is 23.1 Å². The summed E-state index contributed by atoms with van der Waals surface area (Å²) in [5.74, 6) is 1.01. The van der Waals surface area contributed by atoms with Crippen LogP contribution in [-0.4, -0.2) is 49.1 Å². The van der Waals surface area contributed by atoms with Crippen molar-refractivity contribution in [3.05, 3.63) is 33.7 Å². The minimum absolute atomic E-state index is 0.173. The van der Waals surface area contributed by atoms with Crippen molar-refractivity contribution in [1.29, 1.82) is 0 Å². The molecule has 1 aromatic heterocycles. The van der Waals surface area contributed by atoms with E-state index in [9.17, 15) is 4.79 Å². The minimum Gasteiger partial charge on any atom is -0.496 e. The predicted molar refractivity (Wildman–Crippen MR) is 98.5 cm³/mol. The van der Waals surface area contributed by atoms with Crippen LogP contribution >= 0.6 is 27.3 Å². The summed E-state index contributed by atoms with van der Waals surface area (Å²) in [5, 5.41) is 3.10. The Morgan fingerprint density at radius 2 is 2.17 bits per heavy atom. The van der Waals surface area contributed by atoms with E-state index in [2.05, 4.69) is 21.3 Å². The maximum absolute atomic E-state index is 11.4. The number of amides is 1. The fraction of sp³-hybridized carbons (Fsp3) is 0.412. The van der Waals surface area contributed by atoms with Crippen LogP contribution in [0.3, 0.4) is 0 Å². The second kappa shape index (κ2) is 7.63. The average Bonchev–Trinajstić information content (AvgIpc) is 3.03. The molecule has 2 aromatic rings. The van der Waals surface area contributed by atoms with Gasteiger partial charge in [-0.2, -0.15) is 0 Å². The zero-order chi connectivity index (χ0) is 17.1. The van der Waals surface area contributed by atoms with Crippen LogP contribution in [0.25, 0.3) is 10.6 Å². The maximum atomic E-state index is 11.4. The van der Waals surface area contributed by atoms with E-state index in [-0.39, 0.29) is 5.91 Å². The van der Waals surface area contributed by atoms with E-state index in [0.29, 0.717) is 0 Å². The van der Waals surface area contributed by atoms with Crippen LogP contribution in [0.15, 0.2) is 28.1 Å². The fourth-order valence-electron chi connectivity index (χ4n) is 2.93. The van der Waals surface area contributed by atoms with Gasteiger partial charge in [-0.15, -0.1) is 11.3 Å². The molecule has 1 amide bonds. The first kappa shape index (κ1) is 17.4. The largest absolute Gasteiger partial charge is 0.496 e. The number of thiazole rings is 1. The lowest BCUT2D eigenvalue weighted by Gasteiger charge is -2.31. The summed E-state index contributed by atoms with van der Waals surface area (Å²) < 4.78 is 6.47. The molecule has 0 atom stereocenters. The van der Waals surface area contributed by atoms with E-state index < -0.39 is 0 Å². The summed E-state index contributed by atoms with van der Waals surface area (Å²) in [6.45, 7) is 6.17. The lowest BCUT2D eigenvalue weighted by Crippen LogP contribution is -3.13. The van der Waals surface area contributed by atoms with Crippen molar-refractivity contribution in [2.75, 3.05) is 33.3 Å². The number of aromatic nitrogens is 1. The highest BCUT2D eigenvalue weighted by molar-refractivity contribution is 9.10. The van der Waals surface area contributed by atoms with Crippen LogP contribution in [0.4, 0.5) is 0 Å². The quantitative estimate of drug-likeness (QED) is 0.835. The van der Waals surface area contributed by atoms with E-state index in [1.165, 1.54) is 4.90 Å². The zero-order valence-electron chi connectivity index (χ0n) is 13.8. The van der Waals surface area contributed by atoms with Gasteiger partial charge in [0.1, 0.15) is 23.0 Å². The van der Waals surface area contributed by atoms with Crippen LogP contribution < -0.4 is 9.64 Å². The molecule has 0 unspecified atom stereocenters. The Hall–Kier alpha value is -1.44. The second-order valence-corrected chi connectivity index (χ2v) is 7.70. The zero-order valence-corrected chi connectivity index (χ0v) is 16.2. The van der Waals surface area contributed by atoms with Crippen molar-refractivity contribution in [3.8, 4) is 16.3 Å². The van der Waals surface area contributed by atoms with Crippen molar-refractivity contribution in [3.63, 3.8) is 0 Å². The maximum Gasteiger partial charge on any atom is 0.219 e. The minimum atomic E-state index is 0.173. The molecule has 5 nitrogen and oxygen atoms in total. The van der Waals surface area contributed by atoms with Crippen LogP contribution in [0, 0.1) is 0 Å². The van der Waals surface area contributed by atoms with E-state index in [4.69, 9.17) is 9.72 Å². The molecule has 24 heavy (non-hydrogen) atoms. The summed E-state index contributed by atoms with van der Waals surface area (Å²) >= 11 is 5.16. The Morgan fingerprint density at radius 1 is 1.42 bits per heavy atom. The third-order valence-electron chi connectivity index (χ3n) is 4.29. The number of hydrogen-bond donors (Lipinski definition) is 1. The van der Waals surface area contributed by atoms with Crippen LogP contribution in [-0.2, 0) is 11.3 Å². The van der Waals surface area contributed by atoms with Gasteiger partial charge in [-0.25, -0.2) is 4.98 Å². The van der Waals surface area contributed by atoms with E-state index >= 15 is 0 Å². The number of quaternary nitrogens is 1. The number of carbonyl (C=O) groups is 1. The number of piperazine rings is 1. The molecule has 1 saturated heterocycles.